The molecular formula is C25H25FN8. The number of aromatic nitrogens is 4. The molecule has 8 nitrogen and oxygen atoms in total. The molecule has 3 saturated heterocycles. The third-order valence-corrected chi connectivity index (χ3v) is 8.31. The van der Waals surface area contributed by atoms with Crippen molar-refractivity contribution >= 4 is 17.5 Å². The Balaban J connectivity index is 1.22. The zero-order valence-electron chi connectivity index (χ0n) is 18.7. The molecule has 1 unspecified atom stereocenters. The van der Waals surface area contributed by atoms with Crippen LogP contribution in [0.5, 0.6) is 0 Å². The summed E-state index contributed by atoms with van der Waals surface area (Å²) in [4.78, 5) is 16.4. The van der Waals surface area contributed by atoms with Gasteiger partial charge in [-0.2, -0.15) is 15.3 Å². The highest BCUT2D eigenvalue weighted by Gasteiger charge is 2.55. The van der Waals surface area contributed by atoms with Crippen LogP contribution in [0.4, 0.5) is 21.8 Å². The number of nitrogens with one attached hydrogen (secondary N) is 1. The quantitative estimate of drug-likeness (QED) is 0.648. The number of hydrogen-bond donors (Lipinski definition) is 1. The fourth-order valence-corrected chi connectivity index (χ4v) is 6.51. The maximum Gasteiger partial charge on any atom is 0.227 e. The SMILES string of the molecule is N#Cc1cnc(N2CCc3[nH]ncc3C2)nc1N1C[C@@H]2C3CC[C@@H]3[C@H]1CN2c1cccc(F)c1. The van der Waals surface area contributed by atoms with Crippen LogP contribution in [-0.2, 0) is 13.0 Å². The van der Waals surface area contributed by atoms with Crippen LogP contribution in [0.15, 0.2) is 36.7 Å². The van der Waals surface area contributed by atoms with Gasteiger partial charge in [-0.25, -0.2) is 9.37 Å². The molecule has 8 rings (SSSR count). The van der Waals surface area contributed by atoms with Gasteiger partial charge in [-0.1, -0.05) is 6.07 Å². The maximum absolute atomic E-state index is 14.0. The van der Waals surface area contributed by atoms with Crippen molar-refractivity contribution in [1.82, 2.24) is 20.2 Å². The van der Waals surface area contributed by atoms with Gasteiger partial charge in [0.05, 0.1) is 18.4 Å². The van der Waals surface area contributed by atoms with Crippen LogP contribution in [0.3, 0.4) is 0 Å². The highest BCUT2D eigenvalue weighted by molar-refractivity contribution is 5.61. The molecule has 172 valence electrons. The average Bonchev–Trinajstić information content (AvgIpc) is 3.31. The van der Waals surface area contributed by atoms with Gasteiger partial charge in [0, 0.05) is 55.6 Å². The normalized spacial score (nSPS) is 27.1. The molecule has 2 bridgehead atoms. The zero-order chi connectivity index (χ0) is 22.8. The van der Waals surface area contributed by atoms with Gasteiger partial charge in [0.2, 0.25) is 5.95 Å². The summed E-state index contributed by atoms with van der Waals surface area (Å²) in [6.45, 7) is 3.13. The summed E-state index contributed by atoms with van der Waals surface area (Å²) < 4.78 is 14.0. The molecule has 4 atom stereocenters. The summed E-state index contributed by atoms with van der Waals surface area (Å²) >= 11 is 0. The largest absolute Gasteiger partial charge is 0.364 e. The van der Waals surface area contributed by atoms with E-state index in [1.807, 2.05) is 12.3 Å². The van der Waals surface area contributed by atoms with Gasteiger partial charge in [0.15, 0.2) is 5.82 Å². The predicted octanol–water partition coefficient (Wildman–Crippen LogP) is 2.88. The number of hydrogen-bond acceptors (Lipinski definition) is 7. The highest BCUT2D eigenvalue weighted by Crippen LogP contribution is 2.51. The molecule has 1 aromatic carbocycles. The third kappa shape index (κ3) is 2.91. The van der Waals surface area contributed by atoms with Crippen LogP contribution in [-0.4, -0.2) is 51.9 Å². The molecule has 0 spiro atoms. The lowest BCUT2D eigenvalue weighted by Gasteiger charge is -2.64. The first-order valence-corrected chi connectivity index (χ1v) is 12.0. The monoisotopic (exact) mass is 456 g/mol. The highest BCUT2D eigenvalue weighted by atomic mass is 19.1. The Kier molecular flexibility index (Phi) is 4.31. The van der Waals surface area contributed by atoms with Crippen LogP contribution < -0.4 is 14.7 Å². The number of anilines is 3. The molecule has 0 amide bonds. The molecule has 1 saturated carbocycles. The van der Waals surface area contributed by atoms with Crippen molar-refractivity contribution in [3.8, 4) is 6.07 Å². The average molecular weight is 457 g/mol. The second-order valence-electron chi connectivity index (χ2n) is 9.89. The summed E-state index contributed by atoms with van der Waals surface area (Å²) in [7, 11) is 0. The second-order valence-corrected chi connectivity index (χ2v) is 9.89. The van der Waals surface area contributed by atoms with E-state index >= 15 is 0 Å². The van der Waals surface area contributed by atoms with E-state index in [4.69, 9.17) is 4.98 Å². The first-order valence-electron chi connectivity index (χ1n) is 12.0. The molecule has 1 N–H and O–H groups in total. The van der Waals surface area contributed by atoms with Gasteiger partial charge in [-0.15, -0.1) is 0 Å². The van der Waals surface area contributed by atoms with Crippen LogP contribution in [0.2, 0.25) is 0 Å². The van der Waals surface area contributed by atoms with Gasteiger partial charge in [0.25, 0.3) is 0 Å². The molecule has 2 aromatic heterocycles. The molecular weight excluding hydrogens is 431 g/mol. The minimum Gasteiger partial charge on any atom is -0.364 e. The molecule has 3 aromatic rings. The van der Waals surface area contributed by atoms with Crippen molar-refractivity contribution in [3.63, 3.8) is 0 Å². The summed E-state index contributed by atoms with van der Waals surface area (Å²) in [6, 6.07) is 9.80. The Bertz CT molecular complexity index is 1300. The Morgan fingerprint density at radius 1 is 1.09 bits per heavy atom. The van der Waals surface area contributed by atoms with E-state index in [-0.39, 0.29) is 11.9 Å². The summed E-state index contributed by atoms with van der Waals surface area (Å²) in [5.41, 5.74) is 3.81. The van der Waals surface area contributed by atoms with Crippen molar-refractivity contribution in [2.75, 3.05) is 34.3 Å². The Labute approximate surface area is 197 Å². The number of halogens is 1. The van der Waals surface area contributed by atoms with Crippen molar-refractivity contribution < 1.29 is 4.39 Å². The van der Waals surface area contributed by atoms with E-state index < -0.39 is 0 Å². The van der Waals surface area contributed by atoms with Crippen LogP contribution in [0.25, 0.3) is 0 Å². The first kappa shape index (κ1) is 19.8. The number of nitriles is 1. The van der Waals surface area contributed by atoms with Gasteiger partial charge in [-0.3, -0.25) is 5.10 Å². The van der Waals surface area contributed by atoms with Crippen molar-refractivity contribution in [2.45, 2.75) is 37.9 Å². The van der Waals surface area contributed by atoms with Crippen molar-refractivity contribution in [1.29, 1.82) is 5.26 Å². The third-order valence-electron chi connectivity index (χ3n) is 8.31. The number of H-pyrrole nitrogens is 1. The number of piperidine rings is 2. The minimum absolute atomic E-state index is 0.199. The number of fused-ring (bicyclic) bond motifs is 3. The summed E-state index contributed by atoms with van der Waals surface area (Å²) in [6.07, 6.45) is 6.83. The molecule has 4 fully saturated rings. The van der Waals surface area contributed by atoms with Gasteiger partial charge < -0.3 is 14.7 Å². The van der Waals surface area contributed by atoms with E-state index in [9.17, 15) is 9.65 Å². The Morgan fingerprint density at radius 2 is 1.91 bits per heavy atom. The van der Waals surface area contributed by atoms with E-state index in [1.54, 1.807) is 18.3 Å². The zero-order valence-corrected chi connectivity index (χ0v) is 18.7. The number of piperazine rings is 1. The molecule has 4 aliphatic heterocycles. The summed E-state index contributed by atoms with van der Waals surface area (Å²) in [5, 5.41) is 17.1. The number of aromatic amines is 1. The fraction of sp³-hybridized carbons (Fsp3) is 0.440. The van der Waals surface area contributed by atoms with Crippen LogP contribution in [0.1, 0.15) is 29.7 Å². The second kappa shape index (κ2) is 7.42. The Morgan fingerprint density at radius 3 is 2.71 bits per heavy atom. The van der Waals surface area contributed by atoms with E-state index in [2.05, 4.69) is 36.0 Å². The fourth-order valence-electron chi connectivity index (χ4n) is 6.51. The smallest absolute Gasteiger partial charge is 0.227 e. The van der Waals surface area contributed by atoms with Crippen molar-refractivity contribution in [2.24, 2.45) is 11.8 Å². The van der Waals surface area contributed by atoms with Crippen molar-refractivity contribution in [3.05, 3.63) is 59.3 Å². The first-order chi connectivity index (χ1) is 16.7. The van der Waals surface area contributed by atoms with Gasteiger partial charge in [-0.05, 0) is 42.9 Å². The number of nitrogens with zero attached hydrogens (tertiary/aromatic N) is 7. The van der Waals surface area contributed by atoms with E-state index in [0.29, 0.717) is 35.9 Å². The summed E-state index contributed by atoms with van der Waals surface area (Å²) in [5.74, 6) is 2.42. The van der Waals surface area contributed by atoms with Gasteiger partial charge >= 0.3 is 0 Å². The van der Waals surface area contributed by atoms with Gasteiger partial charge in [0.1, 0.15) is 17.4 Å². The maximum atomic E-state index is 14.0. The number of benzene rings is 1. The minimum atomic E-state index is -0.199. The van der Waals surface area contributed by atoms with Crippen LogP contribution in [0, 0.1) is 29.0 Å². The lowest BCUT2D eigenvalue weighted by atomic mass is 9.60. The van der Waals surface area contributed by atoms with E-state index in [1.165, 1.54) is 30.2 Å². The van der Waals surface area contributed by atoms with E-state index in [0.717, 1.165) is 37.6 Å². The molecule has 9 heteroatoms. The lowest BCUT2D eigenvalue weighted by molar-refractivity contribution is 0.0482. The number of rotatable bonds is 3. The standard InChI is InChI=1S/C25H25FN8/c26-17-2-1-3-18(8-17)33-13-23-20-5-4-19(20)22(33)14-34(23)24-15(9-27)10-28-25(30-24)32-7-6-21-16(12-32)11-29-31-21/h1-3,8,10-11,19-20,22-23H,4-7,12-14H2,(H,29,31)/t19?,20-,22+,23+/m0/s1. The molecule has 34 heavy (non-hydrogen) atoms. The Hall–Kier alpha value is -3.67. The predicted molar refractivity (Wildman–Crippen MR) is 125 cm³/mol. The molecule has 0 radical (unpaired) electrons. The molecule has 6 heterocycles. The molecule has 5 aliphatic rings. The topological polar surface area (TPSA) is 88.0 Å². The lowest BCUT2D eigenvalue weighted by Crippen LogP contribution is -2.73. The molecule has 1 aliphatic carbocycles. The van der Waals surface area contributed by atoms with Crippen LogP contribution >= 0.6 is 0 Å².